The molecule has 0 aliphatic heterocycles. The maximum absolute atomic E-state index is 10.7. The summed E-state index contributed by atoms with van der Waals surface area (Å²) in [6, 6.07) is 13.2. The SMILES string of the molecule is CC(C)=CCCc1cccc2c(O)c3ccccc3c(O)c12. The van der Waals surface area contributed by atoms with Gasteiger partial charge in [-0.15, -0.1) is 0 Å². The summed E-state index contributed by atoms with van der Waals surface area (Å²) >= 11 is 0. The summed E-state index contributed by atoms with van der Waals surface area (Å²) < 4.78 is 0. The van der Waals surface area contributed by atoms with Gasteiger partial charge in [0.05, 0.1) is 0 Å². The molecule has 0 bridgehead atoms. The molecule has 0 aromatic heterocycles. The first-order valence-electron chi connectivity index (χ1n) is 7.57. The molecule has 2 heteroatoms. The van der Waals surface area contributed by atoms with Crippen molar-refractivity contribution >= 4 is 21.5 Å². The lowest BCUT2D eigenvalue weighted by atomic mass is 9.95. The van der Waals surface area contributed by atoms with Crippen molar-refractivity contribution in [3.63, 3.8) is 0 Å². The molecular formula is C20H20O2. The van der Waals surface area contributed by atoms with Crippen LogP contribution in [0.25, 0.3) is 21.5 Å². The summed E-state index contributed by atoms with van der Waals surface area (Å²) in [4.78, 5) is 0. The van der Waals surface area contributed by atoms with Crippen molar-refractivity contribution in [1.82, 2.24) is 0 Å². The van der Waals surface area contributed by atoms with Crippen LogP contribution in [0.5, 0.6) is 11.5 Å². The first kappa shape index (κ1) is 14.5. The molecule has 3 rings (SSSR count). The van der Waals surface area contributed by atoms with Crippen LogP contribution in [0.4, 0.5) is 0 Å². The van der Waals surface area contributed by atoms with Crippen molar-refractivity contribution in [2.24, 2.45) is 0 Å². The fourth-order valence-corrected chi connectivity index (χ4v) is 2.98. The summed E-state index contributed by atoms with van der Waals surface area (Å²) in [5.74, 6) is 0.503. The van der Waals surface area contributed by atoms with Crippen molar-refractivity contribution < 1.29 is 10.2 Å². The number of rotatable bonds is 3. The first-order valence-corrected chi connectivity index (χ1v) is 7.57. The number of benzene rings is 3. The predicted octanol–water partition coefficient (Wildman–Crippen LogP) is 5.30. The zero-order valence-electron chi connectivity index (χ0n) is 12.9. The molecule has 0 saturated carbocycles. The second-order valence-corrected chi connectivity index (χ2v) is 5.90. The third-order valence-electron chi connectivity index (χ3n) is 4.05. The average molecular weight is 292 g/mol. The van der Waals surface area contributed by atoms with Gasteiger partial charge in [0.2, 0.25) is 0 Å². The molecule has 22 heavy (non-hydrogen) atoms. The third kappa shape index (κ3) is 2.41. The van der Waals surface area contributed by atoms with Crippen molar-refractivity contribution in [1.29, 1.82) is 0 Å². The molecule has 0 heterocycles. The van der Waals surface area contributed by atoms with E-state index in [-0.39, 0.29) is 11.5 Å². The van der Waals surface area contributed by atoms with Crippen LogP contribution in [0.15, 0.2) is 54.1 Å². The van der Waals surface area contributed by atoms with E-state index in [1.807, 2.05) is 42.5 Å². The fraction of sp³-hybridized carbons (Fsp3) is 0.200. The predicted molar refractivity (Wildman–Crippen MR) is 92.5 cm³/mol. The molecule has 0 unspecified atom stereocenters. The molecule has 2 nitrogen and oxygen atoms in total. The average Bonchev–Trinajstić information content (AvgIpc) is 2.52. The minimum atomic E-state index is 0.243. The highest BCUT2D eigenvalue weighted by Crippen LogP contribution is 2.42. The van der Waals surface area contributed by atoms with Gasteiger partial charge in [-0.05, 0) is 32.3 Å². The molecule has 0 radical (unpaired) electrons. The van der Waals surface area contributed by atoms with Gasteiger partial charge in [0.25, 0.3) is 0 Å². The molecule has 0 aliphatic carbocycles. The minimum Gasteiger partial charge on any atom is -0.507 e. The van der Waals surface area contributed by atoms with Crippen LogP contribution in [-0.2, 0) is 6.42 Å². The molecule has 3 aromatic carbocycles. The van der Waals surface area contributed by atoms with Crippen LogP contribution in [-0.4, -0.2) is 10.2 Å². The van der Waals surface area contributed by atoms with E-state index < -0.39 is 0 Å². The van der Waals surface area contributed by atoms with Crippen molar-refractivity contribution in [2.75, 3.05) is 0 Å². The third-order valence-corrected chi connectivity index (χ3v) is 4.05. The van der Waals surface area contributed by atoms with E-state index in [2.05, 4.69) is 19.9 Å². The van der Waals surface area contributed by atoms with E-state index in [1.165, 1.54) is 5.57 Å². The number of phenolic OH excluding ortho intramolecular Hbond substituents is 2. The van der Waals surface area contributed by atoms with Gasteiger partial charge in [0.15, 0.2) is 0 Å². The lowest BCUT2D eigenvalue weighted by molar-refractivity contribution is 0.478. The molecule has 3 aromatic rings. The molecule has 112 valence electrons. The number of allylic oxidation sites excluding steroid dienone is 2. The van der Waals surface area contributed by atoms with Crippen LogP contribution < -0.4 is 0 Å². The highest BCUT2D eigenvalue weighted by molar-refractivity contribution is 6.11. The Bertz CT molecular complexity index is 872. The standard InChI is InChI=1S/C20H20O2/c1-13(2)7-5-8-14-9-6-12-17-18(14)20(22)16-11-4-3-10-15(16)19(17)21/h3-4,6-7,9-12,21-22H,5,8H2,1-2H3. The Kier molecular flexibility index (Phi) is 3.76. The van der Waals surface area contributed by atoms with Gasteiger partial charge in [-0.3, -0.25) is 0 Å². The molecule has 2 N–H and O–H groups in total. The van der Waals surface area contributed by atoms with Gasteiger partial charge in [0, 0.05) is 21.5 Å². The van der Waals surface area contributed by atoms with E-state index in [0.717, 1.165) is 23.8 Å². The van der Waals surface area contributed by atoms with Gasteiger partial charge < -0.3 is 10.2 Å². The van der Waals surface area contributed by atoms with Gasteiger partial charge in [0.1, 0.15) is 11.5 Å². The van der Waals surface area contributed by atoms with Crippen molar-refractivity contribution in [3.8, 4) is 11.5 Å². The minimum absolute atomic E-state index is 0.243. The zero-order valence-corrected chi connectivity index (χ0v) is 12.9. The van der Waals surface area contributed by atoms with Gasteiger partial charge >= 0.3 is 0 Å². The number of phenols is 2. The normalized spacial score (nSPS) is 11.0. The monoisotopic (exact) mass is 292 g/mol. The van der Waals surface area contributed by atoms with Crippen LogP contribution >= 0.6 is 0 Å². The zero-order chi connectivity index (χ0) is 15.7. The second kappa shape index (κ2) is 5.72. The quantitative estimate of drug-likeness (QED) is 0.390. The van der Waals surface area contributed by atoms with Crippen LogP contribution in [0.1, 0.15) is 25.8 Å². The number of hydrogen-bond donors (Lipinski definition) is 2. The van der Waals surface area contributed by atoms with E-state index in [4.69, 9.17) is 0 Å². The smallest absolute Gasteiger partial charge is 0.131 e. The van der Waals surface area contributed by atoms with E-state index in [9.17, 15) is 10.2 Å². The van der Waals surface area contributed by atoms with E-state index >= 15 is 0 Å². The molecule has 0 amide bonds. The number of fused-ring (bicyclic) bond motifs is 2. The number of aryl methyl sites for hydroxylation is 1. The molecule has 0 saturated heterocycles. The molecule has 0 aliphatic rings. The summed E-state index contributed by atoms with van der Waals surface area (Å²) in [6.45, 7) is 4.17. The molecule has 0 atom stereocenters. The Morgan fingerprint density at radius 3 is 2.18 bits per heavy atom. The van der Waals surface area contributed by atoms with E-state index in [1.54, 1.807) is 0 Å². The van der Waals surface area contributed by atoms with Crippen molar-refractivity contribution in [3.05, 3.63) is 59.7 Å². The van der Waals surface area contributed by atoms with Gasteiger partial charge in [-0.1, -0.05) is 54.1 Å². The largest absolute Gasteiger partial charge is 0.507 e. The lowest BCUT2D eigenvalue weighted by Gasteiger charge is -2.13. The van der Waals surface area contributed by atoms with Crippen molar-refractivity contribution in [2.45, 2.75) is 26.7 Å². The highest BCUT2D eigenvalue weighted by Gasteiger charge is 2.14. The summed E-state index contributed by atoms with van der Waals surface area (Å²) in [5, 5.41) is 24.1. The van der Waals surface area contributed by atoms with Gasteiger partial charge in [-0.25, -0.2) is 0 Å². The lowest BCUT2D eigenvalue weighted by Crippen LogP contribution is -1.89. The Morgan fingerprint density at radius 1 is 0.864 bits per heavy atom. The van der Waals surface area contributed by atoms with Crippen LogP contribution in [0.3, 0.4) is 0 Å². The Hall–Kier alpha value is -2.48. The Morgan fingerprint density at radius 2 is 1.50 bits per heavy atom. The van der Waals surface area contributed by atoms with Crippen LogP contribution in [0.2, 0.25) is 0 Å². The first-order chi connectivity index (χ1) is 10.6. The summed E-state index contributed by atoms with van der Waals surface area (Å²) in [5.41, 5.74) is 2.35. The summed E-state index contributed by atoms with van der Waals surface area (Å²) in [7, 11) is 0. The van der Waals surface area contributed by atoms with E-state index in [0.29, 0.717) is 16.2 Å². The molecule has 0 fully saturated rings. The molecular weight excluding hydrogens is 272 g/mol. The summed E-state index contributed by atoms with van der Waals surface area (Å²) in [6.07, 6.45) is 3.96. The van der Waals surface area contributed by atoms with Crippen LogP contribution in [0, 0.1) is 0 Å². The number of aromatic hydroxyl groups is 2. The number of hydrogen-bond acceptors (Lipinski definition) is 2. The topological polar surface area (TPSA) is 40.5 Å². The Labute approximate surface area is 130 Å². The molecule has 0 spiro atoms. The maximum atomic E-state index is 10.7. The maximum Gasteiger partial charge on any atom is 0.131 e. The fourth-order valence-electron chi connectivity index (χ4n) is 2.98. The van der Waals surface area contributed by atoms with Gasteiger partial charge in [-0.2, -0.15) is 0 Å². The Balaban J connectivity index is 2.25. The highest BCUT2D eigenvalue weighted by atomic mass is 16.3. The second-order valence-electron chi connectivity index (χ2n) is 5.90.